The number of aromatic nitrogens is 2. The number of benzene rings is 1. The molecule has 1 aromatic carbocycles. The van der Waals surface area contributed by atoms with E-state index in [9.17, 15) is 4.79 Å². The molecule has 106 valence electrons. The fourth-order valence-electron chi connectivity index (χ4n) is 2.84. The lowest BCUT2D eigenvalue weighted by atomic mass is 9.80. The van der Waals surface area contributed by atoms with Crippen LogP contribution in [-0.4, -0.2) is 33.8 Å². The molecule has 0 saturated heterocycles. The van der Waals surface area contributed by atoms with Crippen LogP contribution in [0.5, 0.6) is 0 Å². The SMILES string of the molecule is CCOC1CC(Cc2nc3c(C(=O)O)cccc3[nH]2)C1. The Bertz CT molecular complexity index is 629. The summed E-state index contributed by atoms with van der Waals surface area (Å²) >= 11 is 0. The van der Waals surface area contributed by atoms with E-state index in [2.05, 4.69) is 9.97 Å². The van der Waals surface area contributed by atoms with Crippen molar-refractivity contribution in [3.05, 3.63) is 29.6 Å². The summed E-state index contributed by atoms with van der Waals surface area (Å²) in [6, 6.07) is 5.19. The molecule has 1 saturated carbocycles. The molecule has 0 bridgehead atoms. The molecule has 0 atom stereocenters. The maximum absolute atomic E-state index is 11.2. The Labute approximate surface area is 117 Å². The Morgan fingerprint density at radius 3 is 3.00 bits per heavy atom. The number of aromatic amines is 1. The van der Waals surface area contributed by atoms with Crippen molar-refractivity contribution in [2.75, 3.05) is 6.61 Å². The molecule has 1 fully saturated rings. The third kappa shape index (κ3) is 2.41. The van der Waals surface area contributed by atoms with Crippen LogP contribution in [0.3, 0.4) is 0 Å². The van der Waals surface area contributed by atoms with Crippen molar-refractivity contribution in [3.63, 3.8) is 0 Å². The molecule has 0 unspecified atom stereocenters. The Morgan fingerprint density at radius 1 is 1.50 bits per heavy atom. The van der Waals surface area contributed by atoms with Gasteiger partial charge in [-0.15, -0.1) is 0 Å². The zero-order chi connectivity index (χ0) is 14.1. The Kier molecular flexibility index (Phi) is 3.44. The van der Waals surface area contributed by atoms with E-state index in [1.165, 1.54) is 0 Å². The first-order valence-corrected chi connectivity index (χ1v) is 7.00. The highest BCUT2D eigenvalue weighted by Gasteiger charge is 2.30. The van der Waals surface area contributed by atoms with Crippen molar-refractivity contribution >= 4 is 17.0 Å². The minimum atomic E-state index is -0.936. The van der Waals surface area contributed by atoms with Crippen LogP contribution in [0.2, 0.25) is 0 Å². The highest BCUT2D eigenvalue weighted by molar-refractivity contribution is 6.00. The standard InChI is InChI=1S/C15H18N2O3/c1-2-20-10-6-9(7-10)8-13-16-12-5-3-4-11(15(18)19)14(12)17-13/h3-5,9-10H,2,6-8H2,1H3,(H,16,17)(H,18,19). The smallest absolute Gasteiger partial charge is 0.337 e. The van der Waals surface area contributed by atoms with Gasteiger partial charge in [-0.3, -0.25) is 0 Å². The highest BCUT2D eigenvalue weighted by Crippen LogP contribution is 2.32. The number of carboxylic acid groups (broad SMARTS) is 1. The van der Waals surface area contributed by atoms with Crippen LogP contribution in [0.15, 0.2) is 18.2 Å². The van der Waals surface area contributed by atoms with Gasteiger partial charge in [0.1, 0.15) is 11.3 Å². The fraction of sp³-hybridized carbons (Fsp3) is 0.467. The normalized spacial score (nSPS) is 21.9. The largest absolute Gasteiger partial charge is 0.478 e. The van der Waals surface area contributed by atoms with E-state index in [-0.39, 0.29) is 5.56 Å². The van der Waals surface area contributed by atoms with Gasteiger partial charge in [-0.2, -0.15) is 0 Å². The number of carbonyl (C=O) groups is 1. The Morgan fingerprint density at radius 2 is 2.30 bits per heavy atom. The summed E-state index contributed by atoms with van der Waals surface area (Å²) in [4.78, 5) is 18.8. The average molecular weight is 274 g/mol. The number of para-hydroxylation sites is 1. The number of hydrogen-bond acceptors (Lipinski definition) is 3. The van der Waals surface area contributed by atoms with Gasteiger partial charge >= 0.3 is 5.97 Å². The molecule has 1 aromatic heterocycles. The highest BCUT2D eigenvalue weighted by atomic mass is 16.5. The summed E-state index contributed by atoms with van der Waals surface area (Å²) in [5, 5.41) is 9.15. The summed E-state index contributed by atoms with van der Waals surface area (Å²) < 4.78 is 5.55. The summed E-state index contributed by atoms with van der Waals surface area (Å²) in [5.41, 5.74) is 1.60. The van der Waals surface area contributed by atoms with E-state index in [0.29, 0.717) is 17.5 Å². The number of rotatable bonds is 5. The van der Waals surface area contributed by atoms with Gasteiger partial charge in [-0.05, 0) is 37.8 Å². The minimum Gasteiger partial charge on any atom is -0.478 e. The zero-order valence-corrected chi connectivity index (χ0v) is 11.4. The molecule has 5 nitrogen and oxygen atoms in total. The van der Waals surface area contributed by atoms with Crippen molar-refractivity contribution in [2.24, 2.45) is 5.92 Å². The number of nitrogens with zero attached hydrogens (tertiary/aromatic N) is 1. The second-order valence-corrected chi connectivity index (χ2v) is 5.31. The van der Waals surface area contributed by atoms with Gasteiger partial charge in [-0.25, -0.2) is 9.78 Å². The minimum absolute atomic E-state index is 0.255. The molecule has 2 N–H and O–H groups in total. The van der Waals surface area contributed by atoms with Gasteiger partial charge in [-0.1, -0.05) is 6.07 Å². The molecule has 0 spiro atoms. The van der Waals surface area contributed by atoms with E-state index in [4.69, 9.17) is 9.84 Å². The first-order valence-electron chi connectivity index (χ1n) is 7.00. The number of H-pyrrole nitrogens is 1. The third-order valence-corrected chi connectivity index (χ3v) is 3.87. The molecule has 0 radical (unpaired) electrons. The number of hydrogen-bond donors (Lipinski definition) is 2. The molecule has 1 aliphatic carbocycles. The van der Waals surface area contributed by atoms with Crippen molar-refractivity contribution in [1.82, 2.24) is 9.97 Å². The molecule has 0 aliphatic heterocycles. The van der Waals surface area contributed by atoms with Crippen LogP contribution in [0.1, 0.15) is 35.9 Å². The van der Waals surface area contributed by atoms with E-state index in [0.717, 1.165) is 37.2 Å². The van der Waals surface area contributed by atoms with Crippen LogP contribution >= 0.6 is 0 Å². The van der Waals surface area contributed by atoms with Gasteiger partial charge in [0, 0.05) is 13.0 Å². The monoisotopic (exact) mass is 274 g/mol. The van der Waals surface area contributed by atoms with Crippen molar-refractivity contribution < 1.29 is 14.6 Å². The van der Waals surface area contributed by atoms with E-state index in [1.807, 2.05) is 13.0 Å². The molecule has 1 aliphatic rings. The lowest BCUT2D eigenvalue weighted by Crippen LogP contribution is -2.32. The first kappa shape index (κ1) is 13.1. The molecule has 20 heavy (non-hydrogen) atoms. The van der Waals surface area contributed by atoms with Crippen LogP contribution in [0.25, 0.3) is 11.0 Å². The number of ether oxygens (including phenoxy) is 1. The summed E-state index contributed by atoms with van der Waals surface area (Å²) in [5.74, 6) is 0.516. The average Bonchev–Trinajstić information content (AvgIpc) is 2.78. The maximum atomic E-state index is 11.2. The summed E-state index contributed by atoms with van der Waals surface area (Å²) in [7, 11) is 0. The van der Waals surface area contributed by atoms with Gasteiger partial charge < -0.3 is 14.8 Å². The number of aromatic carboxylic acids is 1. The zero-order valence-electron chi connectivity index (χ0n) is 11.4. The predicted molar refractivity (Wildman–Crippen MR) is 74.9 cm³/mol. The van der Waals surface area contributed by atoms with Gasteiger partial charge in [0.25, 0.3) is 0 Å². The lowest BCUT2D eigenvalue weighted by molar-refractivity contribution is -0.0244. The topological polar surface area (TPSA) is 75.2 Å². The third-order valence-electron chi connectivity index (χ3n) is 3.87. The van der Waals surface area contributed by atoms with E-state index >= 15 is 0 Å². The lowest BCUT2D eigenvalue weighted by Gasteiger charge is -2.34. The van der Waals surface area contributed by atoms with Gasteiger partial charge in [0.05, 0.1) is 17.2 Å². The number of carboxylic acids is 1. The first-order chi connectivity index (χ1) is 9.67. The number of nitrogens with one attached hydrogen (secondary N) is 1. The van der Waals surface area contributed by atoms with Crippen molar-refractivity contribution in [1.29, 1.82) is 0 Å². The van der Waals surface area contributed by atoms with Gasteiger partial charge in [0.15, 0.2) is 0 Å². The maximum Gasteiger partial charge on any atom is 0.337 e. The molecule has 0 amide bonds. The predicted octanol–water partition coefficient (Wildman–Crippen LogP) is 2.62. The molecular weight excluding hydrogens is 256 g/mol. The Hall–Kier alpha value is -1.88. The Balaban J connectivity index is 1.74. The van der Waals surface area contributed by atoms with Crippen molar-refractivity contribution in [3.8, 4) is 0 Å². The molecular formula is C15H18N2O3. The van der Waals surface area contributed by atoms with Crippen molar-refractivity contribution in [2.45, 2.75) is 32.3 Å². The van der Waals surface area contributed by atoms with Crippen LogP contribution in [0.4, 0.5) is 0 Å². The molecule has 2 aromatic rings. The quantitative estimate of drug-likeness (QED) is 0.878. The molecule has 1 heterocycles. The van der Waals surface area contributed by atoms with Crippen LogP contribution in [0, 0.1) is 5.92 Å². The fourth-order valence-corrected chi connectivity index (χ4v) is 2.84. The molecule has 3 rings (SSSR count). The summed E-state index contributed by atoms with van der Waals surface area (Å²) in [6.45, 7) is 2.78. The number of fused-ring (bicyclic) bond motifs is 1. The summed E-state index contributed by atoms with van der Waals surface area (Å²) in [6.07, 6.45) is 3.38. The second-order valence-electron chi connectivity index (χ2n) is 5.31. The second kappa shape index (κ2) is 5.25. The van der Waals surface area contributed by atoms with Gasteiger partial charge in [0.2, 0.25) is 0 Å². The van der Waals surface area contributed by atoms with E-state index < -0.39 is 5.97 Å². The van der Waals surface area contributed by atoms with Crippen LogP contribution < -0.4 is 0 Å². The van der Waals surface area contributed by atoms with E-state index in [1.54, 1.807) is 12.1 Å². The molecule has 5 heteroatoms. The number of imidazole rings is 1. The van der Waals surface area contributed by atoms with Crippen LogP contribution in [-0.2, 0) is 11.2 Å².